The van der Waals surface area contributed by atoms with Gasteiger partial charge in [-0.25, -0.2) is 0 Å². The van der Waals surface area contributed by atoms with Crippen LogP contribution in [0.3, 0.4) is 0 Å². The highest BCUT2D eigenvalue weighted by Crippen LogP contribution is 2.23. The standard InChI is InChI=1S/C17H27NO2/c1-11(10-17(5,18)16(19)20)6-7-15-9-12(2)8-13(3)14(15)4/h8-9,11H,6-7,10,18H2,1-5H3,(H,19,20). The van der Waals surface area contributed by atoms with Gasteiger partial charge in [-0.2, -0.15) is 0 Å². The molecule has 0 spiro atoms. The molecular weight excluding hydrogens is 250 g/mol. The van der Waals surface area contributed by atoms with E-state index in [0.29, 0.717) is 12.3 Å². The molecule has 1 rings (SSSR count). The minimum absolute atomic E-state index is 0.293. The van der Waals surface area contributed by atoms with Gasteiger partial charge in [0.25, 0.3) is 0 Å². The second-order valence-corrected chi connectivity index (χ2v) is 6.44. The second-order valence-electron chi connectivity index (χ2n) is 6.44. The first-order chi connectivity index (χ1) is 9.13. The number of aliphatic carboxylic acids is 1. The number of aryl methyl sites for hydroxylation is 3. The molecular formula is C17H27NO2. The molecule has 0 fully saturated rings. The van der Waals surface area contributed by atoms with Crippen molar-refractivity contribution in [3.63, 3.8) is 0 Å². The number of carboxylic acids is 1. The largest absolute Gasteiger partial charge is 0.480 e. The van der Waals surface area contributed by atoms with Crippen molar-refractivity contribution in [1.29, 1.82) is 0 Å². The maximum Gasteiger partial charge on any atom is 0.323 e. The Morgan fingerprint density at radius 3 is 2.50 bits per heavy atom. The molecule has 1 aromatic rings. The third kappa shape index (κ3) is 4.34. The van der Waals surface area contributed by atoms with Gasteiger partial charge in [0.05, 0.1) is 0 Å². The van der Waals surface area contributed by atoms with Crippen molar-refractivity contribution in [2.45, 2.75) is 59.4 Å². The zero-order valence-electron chi connectivity index (χ0n) is 13.3. The molecule has 0 bridgehead atoms. The van der Waals surface area contributed by atoms with Gasteiger partial charge in [0.1, 0.15) is 5.54 Å². The van der Waals surface area contributed by atoms with Crippen LogP contribution >= 0.6 is 0 Å². The lowest BCUT2D eigenvalue weighted by atomic mass is 9.86. The minimum Gasteiger partial charge on any atom is -0.480 e. The first-order valence-corrected chi connectivity index (χ1v) is 7.22. The first-order valence-electron chi connectivity index (χ1n) is 7.22. The van der Waals surface area contributed by atoms with Crippen molar-refractivity contribution < 1.29 is 9.90 Å². The van der Waals surface area contributed by atoms with Crippen molar-refractivity contribution in [3.8, 4) is 0 Å². The Morgan fingerprint density at radius 1 is 1.35 bits per heavy atom. The SMILES string of the molecule is Cc1cc(C)c(C)c(CCC(C)CC(C)(N)C(=O)O)c1. The molecule has 112 valence electrons. The number of hydrogen-bond donors (Lipinski definition) is 2. The van der Waals surface area contributed by atoms with Crippen LogP contribution in [-0.2, 0) is 11.2 Å². The van der Waals surface area contributed by atoms with Crippen LogP contribution in [0.2, 0.25) is 0 Å². The maximum absolute atomic E-state index is 11.0. The van der Waals surface area contributed by atoms with Crippen LogP contribution in [0, 0.1) is 26.7 Å². The fraction of sp³-hybridized carbons (Fsp3) is 0.588. The molecule has 0 saturated carbocycles. The fourth-order valence-corrected chi connectivity index (χ4v) is 2.70. The molecule has 2 unspecified atom stereocenters. The number of carbonyl (C=O) groups is 1. The van der Waals surface area contributed by atoms with E-state index in [1.54, 1.807) is 6.92 Å². The zero-order chi connectivity index (χ0) is 15.5. The summed E-state index contributed by atoms with van der Waals surface area (Å²) in [4.78, 5) is 11.0. The molecule has 20 heavy (non-hydrogen) atoms. The normalized spacial score (nSPS) is 15.7. The zero-order valence-corrected chi connectivity index (χ0v) is 13.3. The molecule has 3 N–H and O–H groups in total. The van der Waals surface area contributed by atoms with Crippen LogP contribution in [0.15, 0.2) is 12.1 Å². The summed E-state index contributed by atoms with van der Waals surface area (Å²) in [7, 11) is 0. The van der Waals surface area contributed by atoms with Crippen molar-refractivity contribution in [1.82, 2.24) is 0 Å². The fourth-order valence-electron chi connectivity index (χ4n) is 2.70. The number of benzene rings is 1. The highest BCUT2D eigenvalue weighted by atomic mass is 16.4. The lowest BCUT2D eigenvalue weighted by molar-refractivity contribution is -0.143. The number of nitrogens with two attached hydrogens (primary N) is 1. The predicted octanol–water partition coefficient (Wildman–Crippen LogP) is 3.37. The van der Waals surface area contributed by atoms with Gasteiger partial charge in [0, 0.05) is 0 Å². The van der Waals surface area contributed by atoms with E-state index in [0.717, 1.165) is 12.8 Å². The summed E-state index contributed by atoms with van der Waals surface area (Å²) in [5.41, 5.74) is 9.99. The van der Waals surface area contributed by atoms with Gasteiger partial charge < -0.3 is 10.8 Å². The Hall–Kier alpha value is -1.35. The molecule has 0 aliphatic heterocycles. The summed E-state index contributed by atoms with van der Waals surface area (Å²) < 4.78 is 0. The summed E-state index contributed by atoms with van der Waals surface area (Å²) in [6.45, 7) is 10.1. The second kappa shape index (κ2) is 6.40. The van der Waals surface area contributed by atoms with E-state index in [2.05, 4.69) is 39.8 Å². The van der Waals surface area contributed by atoms with Crippen LogP contribution in [0.1, 0.15) is 48.9 Å². The van der Waals surface area contributed by atoms with E-state index >= 15 is 0 Å². The van der Waals surface area contributed by atoms with Crippen LogP contribution in [0.25, 0.3) is 0 Å². The highest BCUT2D eigenvalue weighted by molar-refractivity contribution is 5.77. The van der Waals surface area contributed by atoms with Gasteiger partial charge in [0.2, 0.25) is 0 Å². The Morgan fingerprint density at radius 2 is 1.95 bits per heavy atom. The number of rotatable bonds is 6. The van der Waals surface area contributed by atoms with Crippen molar-refractivity contribution in [2.24, 2.45) is 11.7 Å². The Bertz CT molecular complexity index is 492. The summed E-state index contributed by atoms with van der Waals surface area (Å²) in [6.07, 6.45) is 2.45. The molecule has 0 aliphatic carbocycles. The molecule has 3 nitrogen and oxygen atoms in total. The highest BCUT2D eigenvalue weighted by Gasteiger charge is 2.29. The van der Waals surface area contributed by atoms with Crippen LogP contribution in [-0.4, -0.2) is 16.6 Å². The number of carboxylic acid groups (broad SMARTS) is 1. The van der Waals surface area contributed by atoms with Gasteiger partial charge in [-0.3, -0.25) is 4.79 Å². The summed E-state index contributed by atoms with van der Waals surface area (Å²) in [5.74, 6) is -0.631. The first kappa shape index (κ1) is 16.7. The van der Waals surface area contributed by atoms with E-state index in [9.17, 15) is 4.79 Å². The Labute approximate surface area is 122 Å². The topological polar surface area (TPSA) is 63.3 Å². The van der Waals surface area contributed by atoms with Crippen LogP contribution in [0.5, 0.6) is 0 Å². The smallest absolute Gasteiger partial charge is 0.323 e. The monoisotopic (exact) mass is 277 g/mol. The van der Waals surface area contributed by atoms with Crippen molar-refractivity contribution in [3.05, 3.63) is 34.4 Å². The molecule has 3 heteroatoms. The summed E-state index contributed by atoms with van der Waals surface area (Å²) in [5, 5.41) is 9.07. The van der Waals surface area contributed by atoms with Gasteiger partial charge in [-0.05, 0) is 69.6 Å². The summed E-state index contributed by atoms with van der Waals surface area (Å²) >= 11 is 0. The van der Waals surface area contributed by atoms with E-state index in [1.165, 1.54) is 22.3 Å². The van der Waals surface area contributed by atoms with Gasteiger partial charge in [0.15, 0.2) is 0 Å². The van der Waals surface area contributed by atoms with E-state index < -0.39 is 11.5 Å². The Kier molecular flexibility index (Phi) is 5.35. The van der Waals surface area contributed by atoms with Gasteiger partial charge in [-0.15, -0.1) is 0 Å². The molecule has 0 amide bonds. The van der Waals surface area contributed by atoms with Gasteiger partial charge >= 0.3 is 5.97 Å². The predicted molar refractivity (Wildman–Crippen MR) is 83.0 cm³/mol. The minimum atomic E-state index is -1.13. The third-order valence-corrected chi connectivity index (χ3v) is 4.09. The lowest BCUT2D eigenvalue weighted by Gasteiger charge is -2.23. The third-order valence-electron chi connectivity index (χ3n) is 4.09. The van der Waals surface area contributed by atoms with Gasteiger partial charge in [-0.1, -0.05) is 24.6 Å². The molecule has 0 heterocycles. The van der Waals surface area contributed by atoms with Crippen molar-refractivity contribution >= 4 is 5.97 Å². The quantitative estimate of drug-likeness (QED) is 0.838. The average molecular weight is 277 g/mol. The lowest BCUT2D eigenvalue weighted by Crippen LogP contribution is -2.46. The molecule has 1 aromatic carbocycles. The average Bonchev–Trinajstić information content (AvgIpc) is 2.31. The summed E-state index contributed by atoms with van der Waals surface area (Å²) in [6, 6.07) is 4.43. The maximum atomic E-state index is 11.0. The van der Waals surface area contributed by atoms with E-state index in [1.807, 2.05) is 0 Å². The molecule has 0 saturated heterocycles. The molecule has 0 radical (unpaired) electrons. The number of hydrogen-bond acceptors (Lipinski definition) is 2. The molecule has 0 aromatic heterocycles. The van der Waals surface area contributed by atoms with Crippen LogP contribution < -0.4 is 5.73 Å². The molecule has 0 aliphatic rings. The molecule has 2 atom stereocenters. The Balaban J connectivity index is 2.66. The van der Waals surface area contributed by atoms with E-state index in [4.69, 9.17) is 10.8 Å². The van der Waals surface area contributed by atoms with Crippen LogP contribution in [0.4, 0.5) is 0 Å². The van der Waals surface area contributed by atoms with Crippen molar-refractivity contribution in [2.75, 3.05) is 0 Å². The van der Waals surface area contributed by atoms with E-state index in [-0.39, 0.29) is 0 Å².